The van der Waals surface area contributed by atoms with Gasteiger partial charge in [0.2, 0.25) is 5.95 Å². The second kappa shape index (κ2) is 7.66. The molecular formula is C18H15ClF2N2O3S. The summed E-state index contributed by atoms with van der Waals surface area (Å²) in [6, 6.07) is 5.56. The molecule has 0 amide bonds. The highest BCUT2D eigenvalue weighted by Crippen LogP contribution is 2.28. The van der Waals surface area contributed by atoms with Crippen molar-refractivity contribution >= 4 is 38.4 Å². The second-order valence-corrected chi connectivity index (χ2v) is 8.05. The summed E-state index contributed by atoms with van der Waals surface area (Å²) in [6.45, 7) is 2.12. The lowest BCUT2D eigenvalue weighted by Gasteiger charge is -2.06. The van der Waals surface area contributed by atoms with Gasteiger partial charge in [0.15, 0.2) is 9.84 Å². The van der Waals surface area contributed by atoms with Crippen molar-refractivity contribution < 1.29 is 21.9 Å². The molecule has 142 valence electrons. The Morgan fingerprint density at radius 2 is 2.07 bits per heavy atom. The molecular weight excluding hydrogens is 398 g/mol. The third kappa shape index (κ3) is 4.12. The fourth-order valence-corrected chi connectivity index (χ4v) is 4.18. The van der Waals surface area contributed by atoms with Gasteiger partial charge in [-0.2, -0.15) is 4.39 Å². The molecule has 1 aromatic carbocycles. The van der Waals surface area contributed by atoms with E-state index in [1.54, 1.807) is 25.1 Å². The fourth-order valence-electron chi connectivity index (χ4n) is 2.54. The number of halogens is 3. The Morgan fingerprint density at radius 1 is 1.30 bits per heavy atom. The molecule has 2 heterocycles. The van der Waals surface area contributed by atoms with Crippen LogP contribution in [0.4, 0.5) is 8.78 Å². The van der Waals surface area contributed by atoms with Crippen LogP contribution in [0, 0.1) is 11.8 Å². The Hall–Kier alpha value is -2.45. The molecule has 0 aliphatic heterocycles. The van der Waals surface area contributed by atoms with Crippen LogP contribution in [0.25, 0.3) is 17.0 Å². The molecule has 0 bridgehead atoms. The first-order valence-corrected chi connectivity index (χ1v) is 9.97. The molecule has 1 N–H and O–H groups in total. The van der Waals surface area contributed by atoms with Crippen molar-refractivity contribution in [3.05, 3.63) is 64.8 Å². The van der Waals surface area contributed by atoms with Gasteiger partial charge in [0.25, 0.3) is 0 Å². The maximum atomic E-state index is 14.3. The van der Waals surface area contributed by atoms with Gasteiger partial charge in [-0.1, -0.05) is 17.7 Å². The number of sulfone groups is 1. The Labute approximate surface area is 159 Å². The number of H-pyrrole nitrogens is 1. The van der Waals surface area contributed by atoms with Gasteiger partial charge in [-0.15, -0.1) is 0 Å². The van der Waals surface area contributed by atoms with Crippen LogP contribution in [0.1, 0.15) is 18.2 Å². The third-order valence-electron chi connectivity index (χ3n) is 3.81. The molecule has 5 nitrogen and oxygen atoms in total. The van der Waals surface area contributed by atoms with Gasteiger partial charge in [-0.3, -0.25) is 0 Å². The predicted octanol–water partition coefficient (Wildman–Crippen LogP) is 4.48. The highest BCUT2D eigenvalue weighted by molar-refractivity contribution is 7.90. The van der Waals surface area contributed by atoms with Crippen molar-refractivity contribution in [2.24, 2.45) is 0 Å². The minimum Gasteiger partial charge on any atom is -0.501 e. The smallest absolute Gasteiger partial charge is 0.220 e. The van der Waals surface area contributed by atoms with Crippen LogP contribution in [-0.4, -0.2) is 25.0 Å². The number of hydrogen-bond acceptors (Lipinski definition) is 4. The normalized spacial score (nSPS) is 12.1. The SMILES string of the molecule is CCO/C=C/c1cc(F)c(CS(=O)(=O)c2c[nH]c3cc(Cl)ccc23)nc1F. The lowest BCUT2D eigenvalue weighted by molar-refractivity contribution is 0.272. The number of aromatic amines is 1. The van der Waals surface area contributed by atoms with Gasteiger partial charge in [0.1, 0.15) is 11.6 Å². The number of rotatable bonds is 6. The van der Waals surface area contributed by atoms with Gasteiger partial charge in [-0.05, 0) is 31.2 Å². The van der Waals surface area contributed by atoms with E-state index in [2.05, 4.69) is 9.97 Å². The molecule has 0 radical (unpaired) electrons. The quantitative estimate of drug-likeness (QED) is 0.478. The van der Waals surface area contributed by atoms with E-state index in [-0.39, 0.29) is 10.5 Å². The van der Waals surface area contributed by atoms with E-state index < -0.39 is 33.0 Å². The molecule has 0 spiro atoms. The molecule has 0 fully saturated rings. The van der Waals surface area contributed by atoms with E-state index in [1.165, 1.54) is 18.5 Å². The molecule has 0 unspecified atom stereocenters. The average molecular weight is 413 g/mol. The van der Waals surface area contributed by atoms with Crippen LogP contribution < -0.4 is 0 Å². The maximum Gasteiger partial charge on any atom is 0.220 e. The lowest BCUT2D eigenvalue weighted by Crippen LogP contribution is -2.09. The summed E-state index contributed by atoms with van der Waals surface area (Å²) < 4.78 is 58.7. The van der Waals surface area contributed by atoms with Crippen molar-refractivity contribution in [1.29, 1.82) is 0 Å². The number of nitrogens with one attached hydrogen (secondary N) is 1. The molecule has 0 atom stereocenters. The molecule has 0 aliphatic rings. The summed E-state index contributed by atoms with van der Waals surface area (Å²) in [5, 5.41) is 0.857. The van der Waals surface area contributed by atoms with E-state index in [4.69, 9.17) is 16.3 Å². The van der Waals surface area contributed by atoms with Crippen LogP contribution in [-0.2, 0) is 20.3 Å². The van der Waals surface area contributed by atoms with E-state index in [9.17, 15) is 17.2 Å². The predicted molar refractivity (Wildman–Crippen MR) is 99.0 cm³/mol. The van der Waals surface area contributed by atoms with Crippen LogP contribution in [0.15, 0.2) is 41.6 Å². The van der Waals surface area contributed by atoms with Crippen LogP contribution in [0.2, 0.25) is 5.02 Å². The number of ether oxygens (including phenoxy) is 1. The minimum atomic E-state index is -3.97. The van der Waals surface area contributed by atoms with E-state index >= 15 is 0 Å². The fraction of sp³-hybridized carbons (Fsp3) is 0.167. The molecule has 0 saturated carbocycles. The lowest BCUT2D eigenvalue weighted by atomic mass is 10.2. The molecule has 3 aromatic rings. The van der Waals surface area contributed by atoms with Crippen molar-refractivity contribution in [2.75, 3.05) is 6.61 Å². The summed E-state index contributed by atoms with van der Waals surface area (Å²) in [7, 11) is -3.97. The van der Waals surface area contributed by atoms with E-state index in [0.29, 0.717) is 22.5 Å². The number of hydrogen-bond donors (Lipinski definition) is 1. The van der Waals surface area contributed by atoms with Crippen LogP contribution >= 0.6 is 11.6 Å². The summed E-state index contributed by atoms with van der Waals surface area (Å²) in [4.78, 5) is 6.26. The zero-order valence-electron chi connectivity index (χ0n) is 14.2. The van der Waals surface area contributed by atoms with Gasteiger partial charge >= 0.3 is 0 Å². The first kappa shape index (κ1) is 19.3. The minimum absolute atomic E-state index is 0.0314. The van der Waals surface area contributed by atoms with Crippen LogP contribution in [0.5, 0.6) is 0 Å². The number of pyridine rings is 1. The van der Waals surface area contributed by atoms with E-state index in [0.717, 1.165) is 6.07 Å². The summed E-state index contributed by atoms with van der Waals surface area (Å²) in [5.74, 6) is -2.68. The largest absolute Gasteiger partial charge is 0.501 e. The van der Waals surface area contributed by atoms with E-state index in [1.807, 2.05) is 0 Å². The van der Waals surface area contributed by atoms with Crippen molar-refractivity contribution in [1.82, 2.24) is 9.97 Å². The zero-order chi connectivity index (χ0) is 19.6. The molecule has 0 aliphatic carbocycles. The monoisotopic (exact) mass is 412 g/mol. The number of nitrogens with zero attached hydrogens (tertiary/aromatic N) is 1. The first-order valence-electron chi connectivity index (χ1n) is 7.94. The highest BCUT2D eigenvalue weighted by Gasteiger charge is 2.23. The molecule has 3 rings (SSSR count). The summed E-state index contributed by atoms with van der Waals surface area (Å²) in [5.41, 5.74) is -0.106. The van der Waals surface area contributed by atoms with Crippen molar-refractivity contribution in [3.8, 4) is 0 Å². The Morgan fingerprint density at radius 3 is 2.81 bits per heavy atom. The molecule has 27 heavy (non-hydrogen) atoms. The van der Waals surface area contributed by atoms with Gasteiger partial charge in [0, 0.05) is 27.7 Å². The molecule has 2 aromatic heterocycles. The van der Waals surface area contributed by atoms with Crippen LogP contribution in [0.3, 0.4) is 0 Å². The number of benzene rings is 1. The Bertz CT molecular complexity index is 1130. The first-order chi connectivity index (χ1) is 12.8. The molecule has 0 saturated heterocycles. The Balaban J connectivity index is 1.94. The average Bonchev–Trinajstić information content (AvgIpc) is 3.03. The molecule has 9 heteroatoms. The summed E-state index contributed by atoms with van der Waals surface area (Å²) in [6.07, 6.45) is 3.73. The highest BCUT2D eigenvalue weighted by atomic mass is 35.5. The standard InChI is InChI=1S/C18H15ClF2N2O3S/c1-2-26-6-5-11-7-14(20)16(23-18(11)21)10-27(24,25)17-9-22-15-8-12(19)3-4-13(15)17/h3-9,22H,2,10H2,1H3/b6-5+. The van der Waals surface area contributed by atoms with Crippen molar-refractivity contribution in [2.45, 2.75) is 17.6 Å². The number of aromatic nitrogens is 2. The topological polar surface area (TPSA) is 72.1 Å². The zero-order valence-corrected chi connectivity index (χ0v) is 15.7. The van der Waals surface area contributed by atoms with Crippen molar-refractivity contribution in [3.63, 3.8) is 0 Å². The van der Waals surface area contributed by atoms with Gasteiger partial charge < -0.3 is 9.72 Å². The Kier molecular flexibility index (Phi) is 5.48. The second-order valence-electron chi connectivity index (χ2n) is 5.66. The summed E-state index contributed by atoms with van der Waals surface area (Å²) >= 11 is 5.89. The number of fused-ring (bicyclic) bond motifs is 1. The van der Waals surface area contributed by atoms with Gasteiger partial charge in [-0.25, -0.2) is 17.8 Å². The maximum absolute atomic E-state index is 14.3. The third-order valence-corrected chi connectivity index (χ3v) is 5.70. The van der Waals surface area contributed by atoms with Gasteiger partial charge in [0.05, 0.1) is 23.5 Å².